The van der Waals surface area contributed by atoms with Crippen LogP contribution in [-0.4, -0.2) is 21.4 Å². The van der Waals surface area contributed by atoms with Gasteiger partial charge in [0.15, 0.2) is 11.6 Å². The molecule has 27 heavy (non-hydrogen) atoms. The molecule has 0 aliphatic carbocycles. The van der Waals surface area contributed by atoms with Crippen molar-refractivity contribution in [2.24, 2.45) is 4.99 Å². The van der Waals surface area contributed by atoms with Gasteiger partial charge in [-0.3, -0.25) is 4.99 Å². The van der Waals surface area contributed by atoms with Crippen molar-refractivity contribution in [3.8, 4) is 0 Å². The second kappa shape index (κ2) is 5.58. The molecule has 1 aromatic heterocycles. The van der Waals surface area contributed by atoms with Gasteiger partial charge in [0.2, 0.25) is 0 Å². The van der Waals surface area contributed by atoms with Gasteiger partial charge >= 0.3 is 0 Å². The molecule has 7 heteroatoms. The van der Waals surface area contributed by atoms with Gasteiger partial charge in [-0.05, 0) is 44.5 Å². The van der Waals surface area contributed by atoms with Gasteiger partial charge in [0.05, 0.1) is 5.71 Å². The summed E-state index contributed by atoms with van der Waals surface area (Å²) < 4.78 is 57.3. The minimum absolute atomic E-state index is 0.104. The van der Waals surface area contributed by atoms with Crippen LogP contribution in [-0.2, 0) is 5.92 Å². The van der Waals surface area contributed by atoms with Crippen LogP contribution >= 0.6 is 0 Å². The van der Waals surface area contributed by atoms with Crippen LogP contribution in [0.15, 0.2) is 41.4 Å². The normalized spacial score (nSPS) is 17.5. The van der Waals surface area contributed by atoms with E-state index < -0.39 is 23.1 Å². The maximum atomic E-state index is 15.0. The zero-order chi connectivity index (χ0) is 19.6. The Hall–Kier alpha value is -2.83. The highest BCUT2D eigenvalue weighted by molar-refractivity contribution is 6.14. The molecule has 3 aromatic rings. The van der Waals surface area contributed by atoms with Crippen LogP contribution in [0.1, 0.15) is 36.2 Å². The summed E-state index contributed by atoms with van der Waals surface area (Å²) in [5.74, 6) is -5.29. The number of aliphatic imine (C=N–C) groups is 1. The maximum absolute atomic E-state index is 15.0. The number of benzene rings is 2. The van der Waals surface area contributed by atoms with E-state index in [0.717, 1.165) is 6.07 Å². The lowest BCUT2D eigenvalue weighted by atomic mass is 9.80. The smallest absolute Gasteiger partial charge is 0.270 e. The van der Waals surface area contributed by atoms with Gasteiger partial charge in [0, 0.05) is 16.5 Å². The number of hydrogen-bond acceptors (Lipinski definition) is 3. The highest BCUT2D eigenvalue weighted by atomic mass is 19.3. The fourth-order valence-corrected chi connectivity index (χ4v) is 3.36. The van der Waals surface area contributed by atoms with E-state index in [1.807, 2.05) is 0 Å². The molecule has 3 nitrogen and oxygen atoms in total. The van der Waals surface area contributed by atoms with Crippen molar-refractivity contribution in [2.45, 2.75) is 32.2 Å². The first kappa shape index (κ1) is 17.6. The van der Waals surface area contributed by atoms with Gasteiger partial charge in [-0.2, -0.15) is 8.78 Å². The Morgan fingerprint density at radius 3 is 2.44 bits per heavy atom. The summed E-state index contributed by atoms with van der Waals surface area (Å²) >= 11 is 0. The van der Waals surface area contributed by atoms with E-state index in [1.54, 1.807) is 25.1 Å². The molecule has 2 heterocycles. The number of fused-ring (bicyclic) bond motifs is 2. The van der Waals surface area contributed by atoms with E-state index in [-0.39, 0.29) is 28.0 Å². The monoisotopic (exact) mass is 373 g/mol. The number of nitrogens with zero attached hydrogens (tertiary/aromatic N) is 3. The molecule has 138 valence electrons. The Bertz CT molecular complexity index is 1120. The van der Waals surface area contributed by atoms with Crippen LogP contribution in [0.2, 0.25) is 0 Å². The van der Waals surface area contributed by atoms with Crippen LogP contribution < -0.4 is 0 Å². The van der Waals surface area contributed by atoms with Crippen molar-refractivity contribution in [3.63, 3.8) is 0 Å². The third kappa shape index (κ3) is 2.44. The standard InChI is InChI=1S/C20H15F4N3/c1-10-5-4-6-12-15(10)20(23,24)19(2,3)25-18(12)14-9-11-7-8-13(21)16(22)17(11)27-26-14/h4-9H,1-3H3. The second-order valence-electron chi connectivity index (χ2n) is 7.12. The summed E-state index contributed by atoms with van der Waals surface area (Å²) in [6, 6.07) is 8.68. The minimum atomic E-state index is -3.17. The zero-order valence-corrected chi connectivity index (χ0v) is 14.8. The molecule has 0 spiro atoms. The van der Waals surface area contributed by atoms with Crippen LogP contribution in [0.3, 0.4) is 0 Å². The van der Waals surface area contributed by atoms with Crippen LogP contribution in [0.5, 0.6) is 0 Å². The first-order valence-electron chi connectivity index (χ1n) is 8.33. The van der Waals surface area contributed by atoms with E-state index in [2.05, 4.69) is 15.2 Å². The Morgan fingerprint density at radius 2 is 1.70 bits per heavy atom. The average Bonchev–Trinajstić information content (AvgIpc) is 2.61. The van der Waals surface area contributed by atoms with E-state index in [9.17, 15) is 8.78 Å². The van der Waals surface area contributed by atoms with Crippen molar-refractivity contribution in [1.82, 2.24) is 10.2 Å². The summed E-state index contributed by atoms with van der Waals surface area (Å²) in [5, 5.41) is 8.02. The summed E-state index contributed by atoms with van der Waals surface area (Å²) in [7, 11) is 0. The maximum Gasteiger partial charge on any atom is 0.298 e. The molecule has 0 atom stereocenters. The minimum Gasteiger partial charge on any atom is -0.270 e. The molecule has 0 saturated carbocycles. The molecule has 0 radical (unpaired) electrons. The lowest BCUT2D eigenvalue weighted by Crippen LogP contribution is -2.44. The number of halogens is 4. The molecule has 0 fully saturated rings. The number of hydrogen-bond donors (Lipinski definition) is 0. The molecular weight excluding hydrogens is 358 g/mol. The van der Waals surface area contributed by atoms with Gasteiger partial charge in [-0.1, -0.05) is 18.2 Å². The highest BCUT2D eigenvalue weighted by Crippen LogP contribution is 2.47. The second-order valence-corrected chi connectivity index (χ2v) is 7.12. The average molecular weight is 373 g/mol. The molecule has 4 rings (SSSR count). The van der Waals surface area contributed by atoms with E-state index in [1.165, 1.54) is 26.0 Å². The zero-order valence-electron chi connectivity index (χ0n) is 14.8. The predicted molar refractivity (Wildman–Crippen MR) is 94.2 cm³/mol. The first-order chi connectivity index (χ1) is 12.6. The first-order valence-corrected chi connectivity index (χ1v) is 8.33. The van der Waals surface area contributed by atoms with Crippen molar-refractivity contribution in [3.05, 3.63) is 70.4 Å². The molecule has 2 aromatic carbocycles. The lowest BCUT2D eigenvalue weighted by Gasteiger charge is -2.37. The SMILES string of the molecule is Cc1cccc2c1C(F)(F)C(C)(C)N=C2c1cc2ccc(F)c(F)c2nn1. The third-order valence-corrected chi connectivity index (χ3v) is 4.89. The van der Waals surface area contributed by atoms with Gasteiger partial charge in [-0.15, -0.1) is 10.2 Å². The summed E-state index contributed by atoms with van der Waals surface area (Å²) in [4.78, 5) is 4.26. The Morgan fingerprint density at radius 1 is 0.963 bits per heavy atom. The molecule has 0 unspecified atom stereocenters. The van der Waals surface area contributed by atoms with Gasteiger partial charge in [0.1, 0.15) is 16.7 Å². The number of aromatic nitrogens is 2. The third-order valence-electron chi connectivity index (χ3n) is 4.89. The van der Waals surface area contributed by atoms with Crippen molar-refractivity contribution in [2.75, 3.05) is 0 Å². The van der Waals surface area contributed by atoms with Gasteiger partial charge in [-0.25, -0.2) is 8.78 Å². The fourth-order valence-electron chi connectivity index (χ4n) is 3.36. The van der Waals surface area contributed by atoms with E-state index >= 15 is 8.78 Å². The Kier molecular flexibility index (Phi) is 3.63. The fraction of sp³-hybridized carbons (Fsp3) is 0.250. The van der Waals surface area contributed by atoms with Crippen molar-refractivity contribution in [1.29, 1.82) is 0 Å². The molecule has 0 saturated heterocycles. The summed E-state index contributed by atoms with van der Waals surface area (Å²) in [5.41, 5.74) is -0.842. The van der Waals surface area contributed by atoms with Crippen molar-refractivity contribution < 1.29 is 17.6 Å². The Labute approximate surface area is 152 Å². The van der Waals surface area contributed by atoms with Crippen LogP contribution in [0.25, 0.3) is 10.9 Å². The highest BCUT2D eigenvalue weighted by Gasteiger charge is 2.53. The molecule has 1 aliphatic heterocycles. The van der Waals surface area contributed by atoms with E-state index in [0.29, 0.717) is 10.9 Å². The molecule has 0 amide bonds. The topological polar surface area (TPSA) is 38.1 Å². The van der Waals surface area contributed by atoms with E-state index in [4.69, 9.17) is 0 Å². The predicted octanol–water partition coefficient (Wildman–Crippen LogP) is 4.94. The number of rotatable bonds is 1. The largest absolute Gasteiger partial charge is 0.298 e. The lowest BCUT2D eigenvalue weighted by molar-refractivity contribution is -0.0687. The Balaban J connectivity index is 1.99. The molecule has 0 N–H and O–H groups in total. The number of aryl methyl sites for hydroxylation is 1. The molecular formula is C20H15F4N3. The molecule has 1 aliphatic rings. The van der Waals surface area contributed by atoms with Crippen LogP contribution in [0, 0.1) is 18.6 Å². The van der Waals surface area contributed by atoms with Gasteiger partial charge < -0.3 is 0 Å². The molecule has 0 bridgehead atoms. The summed E-state index contributed by atoms with van der Waals surface area (Å²) in [6.07, 6.45) is 0. The van der Waals surface area contributed by atoms with Crippen LogP contribution in [0.4, 0.5) is 17.6 Å². The number of alkyl halides is 2. The summed E-state index contributed by atoms with van der Waals surface area (Å²) in [6.45, 7) is 4.33. The quantitative estimate of drug-likeness (QED) is 0.567. The van der Waals surface area contributed by atoms with Gasteiger partial charge in [0.25, 0.3) is 5.92 Å². The van der Waals surface area contributed by atoms with Crippen molar-refractivity contribution >= 4 is 16.6 Å².